The van der Waals surface area contributed by atoms with Crippen LogP contribution in [0.5, 0.6) is 0 Å². The van der Waals surface area contributed by atoms with Gasteiger partial charge in [0.05, 0.1) is 16.9 Å². The van der Waals surface area contributed by atoms with Crippen molar-refractivity contribution >= 4 is 28.6 Å². The van der Waals surface area contributed by atoms with Gasteiger partial charge in [-0.3, -0.25) is 4.79 Å². The predicted molar refractivity (Wildman–Crippen MR) is 116 cm³/mol. The lowest BCUT2D eigenvalue weighted by molar-refractivity contribution is -0.112. The molecular formula is C22H27N3OS. The van der Waals surface area contributed by atoms with Crippen molar-refractivity contribution in [2.75, 3.05) is 18.1 Å². The van der Waals surface area contributed by atoms with Gasteiger partial charge in [-0.15, -0.1) is 11.3 Å². The molecule has 0 spiro atoms. The molecule has 0 bridgehead atoms. The highest BCUT2D eigenvalue weighted by atomic mass is 32.1. The van der Waals surface area contributed by atoms with E-state index in [0.717, 1.165) is 23.3 Å². The highest BCUT2D eigenvalue weighted by molar-refractivity contribution is 7.13. The molecular weight excluding hydrogens is 354 g/mol. The van der Waals surface area contributed by atoms with E-state index in [0.29, 0.717) is 28.9 Å². The third kappa shape index (κ3) is 4.61. The molecule has 2 unspecified atom stereocenters. The van der Waals surface area contributed by atoms with Crippen LogP contribution in [0, 0.1) is 5.92 Å². The molecule has 2 atom stereocenters. The van der Waals surface area contributed by atoms with Gasteiger partial charge in [0.2, 0.25) is 0 Å². The number of carbonyl (C=O) groups excluding carboxylic acids is 1. The molecule has 0 saturated carbocycles. The second-order valence-electron chi connectivity index (χ2n) is 7.16. The molecule has 5 heteroatoms. The molecule has 0 saturated heterocycles. The lowest BCUT2D eigenvalue weighted by Crippen LogP contribution is -2.31. The number of nitrogens with two attached hydrogens (primary N) is 1. The summed E-state index contributed by atoms with van der Waals surface area (Å²) in [5.74, 6) is 0.515. The number of hydrogen-bond acceptors (Lipinski definition) is 4. The molecule has 0 aliphatic carbocycles. The number of benzene rings is 1. The van der Waals surface area contributed by atoms with E-state index in [1.807, 2.05) is 49.0 Å². The summed E-state index contributed by atoms with van der Waals surface area (Å²) in [6.07, 6.45) is 8.20. The molecule has 0 fully saturated rings. The average Bonchev–Trinajstić information content (AvgIpc) is 3.19. The van der Waals surface area contributed by atoms with Crippen LogP contribution in [0.4, 0.5) is 11.4 Å². The van der Waals surface area contributed by atoms with Crippen LogP contribution in [-0.4, -0.2) is 23.9 Å². The van der Waals surface area contributed by atoms with Crippen LogP contribution in [0.15, 0.2) is 59.6 Å². The molecule has 2 heterocycles. The molecule has 142 valence electrons. The van der Waals surface area contributed by atoms with Crippen molar-refractivity contribution in [2.45, 2.75) is 32.7 Å². The molecule has 3 rings (SSSR count). The Morgan fingerprint density at radius 2 is 2.19 bits per heavy atom. The summed E-state index contributed by atoms with van der Waals surface area (Å²) in [4.78, 5) is 16.0. The molecule has 1 aromatic heterocycles. The number of anilines is 2. The molecule has 1 amide bonds. The van der Waals surface area contributed by atoms with Gasteiger partial charge in [0, 0.05) is 24.2 Å². The molecule has 0 radical (unpaired) electrons. The number of likely N-dealkylation sites (N-methyl/N-ethyl adjacent to an activating group) is 1. The minimum Gasteiger partial charge on any atom is -0.397 e. The van der Waals surface area contributed by atoms with Crippen molar-refractivity contribution in [1.29, 1.82) is 0 Å². The maximum absolute atomic E-state index is 12.7. The second kappa shape index (κ2) is 8.44. The Labute approximate surface area is 165 Å². The Kier molecular flexibility index (Phi) is 6.01. The van der Waals surface area contributed by atoms with Gasteiger partial charge in [0.25, 0.3) is 5.91 Å². The third-order valence-electron chi connectivity index (χ3n) is 5.07. The van der Waals surface area contributed by atoms with E-state index >= 15 is 0 Å². The second-order valence-corrected chi connectivity index (χ2v) is 8.11. The van der Waals surface area contributed by atoms with Crippen molar-refractivity contribution in [2.24, 2.45) is 5.92 Å². The summed E-state index contributed by atoms with van der Waals surface area (Å²) < 4.78 is 0. The van der Waals surface area contributed by atoms with Gasteiger partial charge in [-0.1, -0.05) is 38.5 Å². The van der Waals surface area contributed by atoms with Crippen molar-refractivity contribution in [3.63, 3.8) is 0 Å². The van der Waals surface area contributed by atoms with E-state index in [-0.39, 0.29) is 5.91 Å². The van der Waals surface area contributed by atoms with Gasteiger partial charge < -0.3 is 16.0 Å². The van der Waals surface area contributed by atoms with E-state index in [1.165, 1.54) is 0 Å². The number of carbonyl (C=O) groups is 1. The largest absolute Gasteiger partial charge is 0.397 e. The molecule has 27 heavy (non-hydrogen) atoms. The highest BCUT2D eigenvalue weighted by Crippen LogP contribution is 2.30. The number of thiophene rings is 1. The molecule has 1 aliphatic heterocycles. The molecule has 3 N–H and O–H groups in total. The number of amides is 1. The molecule has 2 aromatic rings. The van der Waals surface area contributed by atoms with Crippen molar-refractivity contribution < 1.29 is 4.79 Å². The fraction of sp³-hybridized carbons (Fsp3) is 0.318. The van der Waals surface area contributed by atoms with Crippen LogP contribution < -0.4 is 11.1 Å². The summed E-state index contributed by atoms with van der Waals surface area (Å²) >= 11 is 1.66. The Bertz CT molecular complexity index is 854. The number of nitrogen functional groups attached to an aromatic ring is 1. The number of rotatable bonds is 6. The van der Waals surface area contributed by atoms with E-state index in [9.17, 15) is 4.79 Å². The maximum atomic E-state index is 12.7. The van der Waals surface area contributed by atoms with E-state index in [2.05, 4.69) is 36.2 Å². The van der Waals surface area contributed by atoms with Crippen molar-refractivity contribution in [3.8, 4) is 10.4 Å². The zero-order valence-corrected chi connectivity index (χ0v) is 16.9. The van der Waals surface area contributed by atoms with Crippen LogP contribution in [0.25, 0.3) is 10.4 Å². The van der Waals surface area contributed by atoms with Gasteiger partial charge in [-0.25, -0.2) is 0 Å². The summed E-state index contributed by atoms with van der Waals surface area (Å²) in [6.45, 7) is 4.47. The first-order valence-electron chi connectivity index (χ1n) is 9.34. The Hall–Kier alpha value is -2.53. The normalized spacial score (nSPS) is 17.5. The van der Waals surface area contributed by atoms with Crippen LogP contribution in [0.2, 0.25) is 0 Å². The topological polar surface area (TPSA) is 58.4 Å². The molecule has 1 aromatic carbocycles. The van der Waals surface area contributed by atoms with Gasteiger partial charge in [-0.2, -0.15) is 0 Å². The van der Waals surface area contributed by atoms with Crippen molar-refractivity contribution in [3.05, 3.63) is 59.6 Å². The monoisotopic (exact) mass is 381 g/mol. The lowest BCUT2D eigenvalue weighted by Gasteiger charge is -2.30. The SMILES string of the molecule is CCC(C)CC1C=CC(C(=O)Nc2cc(-c3cccs3)ccc2N)=CN1C. The quantitative estimate of drug-likeness (QED) is 0.682. The van der Waals surface area contributed by atoms with Crippen LogP contribution in [0.3, 0.4) is 0 Å². The molecule has 4 nitrogen and oxygen atoms in total. The van der Waals surface area contributed by atoms with Crippen molar-refractivity contribution in [1.82, 2.24) is 4.90 Å². The first-order chi connectivity index (χ1) is 13.0. The van der Waals surface area contributed by atoms with E-state index < -0.39 is 0 Å². The number of hydrogen-bond donors (Lipinski definition) is 2. The van der Waals surface area contributed by atoms with Gasteiger partial charge >= 0.3 is 0 Å². The predicted octanol–water partition coefficient (Wildman–Crippen LogP) is 5.13. The molecule has 1 aliphatic rings. The summed E-state index contributed by atoms with van der Waals surface area (Å²) in [5, 5.41) is 5.00. The Morgan fingerprint density at radius 1 is 1.37 bits per heavy atom. The Balaban J connectivity index is 1.72. The van der Waals surface area contributed by atoms with Gasteiger partial charge in [0.15, 0.2) is 0 Å². The minimum atomic E-state index is -0.143. The van der Waals surface area contributed by atoms with E-state index in [4.69, 9.17) is 5.73 Å². The minimum absolute atomic E-state index is 0.143. The standard InChI is InChI=1S/C22H27N3OS/c1-4-15(2)12-18-9-7-17(14-25(18)3)22(26)24-20-13-16(8-10-19(20)23)21-6-5-11-27-21/h5-11,13-15,18H,4,12,23H2,1-3H3,(H,24,26). The smallest absolute Gasteiger partial charge is 0.257 e. The fourth-order valence-electron chi connectivity index (χ4n) is 3.12. The first-order valence-corrected chi connectivity index (χ1v) is 10.2. The van der Waals surface area contributed by atoms with Gasteiger partial charge in [0.1, 0.15) is 0 Å². The highest BCUT2D eigenvalue weighted by Gasteiger charge is 2.19. The summed E-state index contributed by atoms with van der Waals surface area (Å²) in [5.41, 5.74) is 8.97. The zero-order valence-electron chi connectivity index (χ0n) is 16.1. The summed E-state index contributed by atoms with van der Waals surface area (Å²) in [6, 6.07) is 10.2. The maximum Gasteiger partial charge on any atom is 0.257 e. The van der Waals surface area contributed by atoms with E-state index in [1.54, 1.807) is 11.3 Å². The summed E-state index contributed by atoms with van der Waals surface area (Å²) in [7, 11) is 2.02. The third-order valence-corrected chi connectivity index (χ3v) is 5.99. The number of nitrogens with zero attached hydrogens (tertiary/aromatic N) is 1. The average molecular weight is 382 g/mol. The van der Waals surface area contributed by atoms with Gasteiger partial charge in [-0.05, 0) is 47.6 Å². The van der Waals surface area contributed by atoms with Crippen LogP contribution in [0.1, 0.15) is 26.7 Å². The zero-order chi connectivity index (χ0) is 19.4. The Morgan fingerprint density at radius 3 is 2.85 bits per heavy atom. The fourth-order valence-corrected chi connectivity index (χ4v) is 3.85. The van der Waals surface area contributed by atoms with Crippen LogP contribution >= 0.6 is 11.3 Å². The lowest BCUT2D eigenvalue weighted by atomic mass is 9.96. The first kappa shape index (κ1) is 19.2. The number of nitrogens with one attached hydrogen (secondary N) is 1. The van der Waals surface area contributed by atoms with Crippen LogP contribution in [-0.2, 0) is 4.79 Å².